The molecule has 0 radical (unpaired) electrons. The summed E-state index contributed by atoms with van der Waals surface area (Å²) in [7, 11) is -4.34. The van der Waals surface area contributed by atoms with Crippen molar-refractivity contribution in [3.8, 4) is 11.8 Å². The minimum atomic E-state index is -4.34. The van der Waals surface area contributed by atoms with Crippen LogP contribution in [0, 0.1) is 22.6 Å². The number of hydrogen-bond acceptors (Lipinski definition) is 7. The van der Waals surface area contributed by atoms with Crippen molar-refractivity contribution < 1.29 is 27.5 Å². The lowest BCUT2D eigenvalue weighted by Gasteiger charge is -2.33. The molecule has 3 aliphatic heterocycles. The van der Waals surface area contributed by atoms with E-state index in [2.05, 4.69) is 11.4 Å². The number of halogens is 1. The van der Waals surface area contributed by atoms with Gasteiger partial charge in [-0.05, 0) is 49.9 Å². The summed E-state index contributed by atoms with van der Waals surface area (Å²) in [5.74, 6) is -2.64. The van der Waals surface area contributed by atoms with E-state index in [1.54, 1.807) is 15.7 Å². The van der Waals surface area contributed by atoms with Crippen molar-refractivity contribution in [2.45, 2.75) is 44.2 Å². The van der Waals surface area contributed by atoms with Crippen molar-refractivity contribution in [1.82, 2.24) is 14.9 Å². The fourth-order valence-electron chi connectivity index (χ4n) is 5.02. The molecule has 2 atom stereocenters. The molecule has 0 bridgehead atoms. The van der Waals surface area contributed by atoms with Gasteiger partial charge in [-0.15, -0.1) is 0 Å². The molecular formula is C22H24FN5O5S. The van der Waals surface area contributed by atoms with Crippen LogP contribution in [-0.4, -0.2) is 62.0 Å². The van der Waals surface area contributed by atoms with Gasteiger partial charge >= 0.3 is 10.2 Å². The zero-order valence-electron chi connectivity index (χ0n) is 18.3. The third-order valence-electron chi connectivity index (χ3n) is 7.01. The molecular weight excluding hydrogens is 465 g/mol. The van der Waals surface area contributed by atoms with Crippen LogP contribution in [0.2, 0.25) is 0 Å². The number of phenols is 1. The topological polar surface area (TPSA) is 143 Å². The van der Waals surface area contributed by atoms with Crippen LogP contribution in [0.5, 0.6) is 5.75 Å². The normalized spacial score (nSPS) is 27.2. The Morgan fingerprint density at radius 2 is 2.03 bits per heavy atom. The highest BCUT2D eigenvalue weighted by Gasteiger charge is 2.55. The van der Waals surface area contributed by atoms with Gasteiger partial charge in [-0.3, -0.25) is 9.59 Å². The summed E-state index contributed by atoms with van der Waals surface area (Å²) in [6.07, 6.45) is 5.54. The zero-order chi connectivity index (χ0) is 24.3. The van der Waals surface area contributed by atoms with Crippen LogP contribution in [0.25, 0.3) is 5.57 Å². The number of nitriles is 1. The van der Waals surface area contributed by atoms with E-state index in [0.29, 0.717) is 29.1 Å². The number of benzene rings is 1. The Kier molecular flexibility index (Phi) is 5.29. The summed E-state index contributed by atoms with van der Waals surface area (Å²) in [5, 5.41) is 23.3. The third-order valence-corrected chi connectivity index (χ3v) is 8.39. The molecule has 5 rings (SSSR count). The molecule has 3 N–H and O–H groups in total. The van der Waals surface area contributed by atoms with Gasteiger partial charge in [-0.2, -0.15) is 13.7 Å². The van der Waals surface area contributed by atoms with Gasteiger partial charge in [0.2, 0.25) is 5.91 Å². The number of aromatic hydroxyl groups is 1. The fourth-order valence-corrected chi connectivity index (χ4v) is 6.18. The number of carbonyl (C=O) groups excluding carboxylic acids is 2. The van der Waals surface area contributed by atoms with E-state index < -0.39 is 51.4 Å². The number of phenolic OH excluding ortho intramolecular Hbond substituents is 1. The molecule has 10 nitrogen and oxygen atoms in total. The molecule has 1 aliphatic carbocycles. The maximum Gasteiger partial charge on any atom is 0.326 e. The molecule has 3 heterocycles. The number of carbonyl (C=O) groups is 2. The molecule has 0 spiro atoms. The summed E-state index contributed by atoms with van der Waals surface area (Å²) in [5.41, 5.74) is -0.927. The lowest BCUT2D eigenvalue weighted by molar-refractivity contribution is -0.135. The maximum absolute atomic E-state index is 15.7. The second-order valence-electron chi connectivity index (χ2n) is 9.21. The van der Waals surface area contributed by atoms with Gasteiger partial charge in [0.25, 0.3) is 5.91 Å². The number of anilines is 1. The summed E-state index contributed by atoms with van der Waals surface area (Å²) >= 11 is 0. The van der Waals surface area contributed by atoms with Crippen LogP contribution in [-0.2, 0) is 19.8 Å². The van der Waals surface area contributed by atoms with E-state index in [0.717, 1.165) is 25.5 Å². The Balaban J connectivity index is 1.53. The van der Waals surface area contributed by atoms with Gasteiger partial charge in [0.05, 0.1) is 23.6 Å². The summed E-state index contributed by atoms with van der Waals surface area (Å²) < 4.78 is 42.5. The highest BCUT2D eigenvalue weighted by molar-refractivity contribution is 7.92. The smallest absolute Gasteiger partial charge is 0.326 e. The predicted octanol–water partition coefficient (Wildman–Crippen LogP) is 0.752. The average Bonchev–Trinajstić information content (AvgIpc) is 3.40. The Morgan fingerprint density at radius 3 is 2.62 bits per heavy atom. The highest BCUT2D eigenvalue weighted by Crippen LogP contribution is 2.53. The quantitative estimate of drug-likeness (QED) is 0.566. The van der Waals surface area contributed by atoms with Crippen molar-refractivity contribution in [3.05, 3.63) is 29.6 Å². The molecule has 2 unspecified atom stereocenters. The number of amides is 2. The highest BCUT2D eigenvalue weighted by atomic mass is 32.2. The molecule has 12 heteroatoms. The van der Waals surface area contributed by atoms with Gasteiger partial charge in [-0.25, -0.2) is 13.4 Å². The molecule has 3 fully saturated rings. The SMILES string of the molecule is N#CC1(C2C=C(c3ccc(O)c(N4CC(=O)NS4(=O)=O)c3F)CN2C(=O)C2CCCCN2)CC1. The number of nitrogens with one attached hydrogen (secondary N) is 2. The minimum absolute atomic E-state index is 0.00740. The maximum atomic E-state index is 15.7. The van der Waals surface area contributed by atoms with Crippen LogP contribution < -0.4 is 14.3 Å². The summed E-state index contributed by atoms with van der Waals surface area (Å²) in [6, 6.07) is 3.90. The van der Waals surface area contributed by atoms with E-state index in [9.17, 15) is 28.4 Å². The van der Waals surface area contributed by atoms with Gasteiger partial charge in [0.15, 0.2) is 5.82 Å². The van der Waals surface area contributed by atoms with E-state index in [-0.39, 0.29) is 24.1 Å². The third kappa shape index (κ3) is 3.59. The largest absolute Gasteiger partial charge is 0.506 e. The summed E-state index contributed by atoms with van der Waals surface area (Å²) in [4.78, 5) is 26.6. The van der Waals surface area contributed by atoms with Gasteiger partial charge in [0, 0.05) is 12.1 Å². The van der Waals surface area contributed by atoms with Crippen LogP contribution in [0.4, 0.5) is 10.1 Å². The molecule has 4 aliphatic rings. The van der Waals surface area contributed by atoms with E-state index in [4.69, 9.17) is 0 Å². The first-order chi connectivity index (χ1) is 16.2. The monoisotopic (exact) mass is 489 g/mol. The first kappa shape index (κ1) is 22.6. The second kappa shape index (κ2) is 7.95. The lowest BCUT2D eigenvalue weighted by atomic mass is 9.95. The van der Waals surface area contributed by atoms with E-state index in [1.807, 2.05) is 0 Å². The average molecular weight is 490 g/mol. The van der Waals surface area contributed by atoms with Crippen LogP contribution in [0.15, 0.2) is 18.2 Å². The number of nitrogens with zero attached hydrogens (tertiary/aromatic N) is 3. The molecule has 1 saturated carbocycles. The first-order valence-corrected chi connectivity index (χ1v) is 12.6. The Morgan fingerprint density at radius 1 is 1.26 bits per heavy atom. The molecule has 180 valence electrons. The van der Waals surface area contributed by atoms with Crippen molar-refractivity contribution in [2.75, 3.05) is 23.9 Å². The van der Waals surface area contributed by atoms with Gasteiger partial charge in [-0.1, -0.05) is 12.5 Å². The van der Waals surface area contributed by atoms with Crippen LogP contribution >= 0.6 is 0 Å². The van der Waals surface area contributed by atoms with E-state index in [1.165, 1.54) is 6.07 Å². The molecule has 2 amide bonds. The Hall–Kier alpha value is -3.17. The van der Waals surface area contributed by atoms with Crippen LogP contribution in [0.1, 0.15) is 37.7 Å². The fraction of sp³-hybridized carbons (Fsp3) is 0.500. The summed E-state index contributed by atoms with van der Waals surface area (Å²) in [6.45, 7) is 0.120. The van der Waals surface area contributed by atoms with Crippen molar-refractivity contribution >= 4 is 33.3 Å². The van der Waals surface area contributed by atoms with E-state index >= 15 is 4.39 Å². The molecule has 34 heavy (non-hydrogen) atoms. The lowest BCUT2D eigenvalue weighted by Crippen LogP contribution is -2.52. The minimum Gasteiger partial charge on any atom is -0.506 e. The van der Waals surface area contributed by atoms with Gasteiger partial charge in [0.1, 0.15) is 18.0 Å². The number of piperidine rings is 1. The van der Waals surface area contributed by atoms with Crippen molar-refractivity contribution in [3.63, 3.8) is 0 Å². The Bertz CT molecular complexity index is 1250. The standard InChI is InChI=1S/C22H24FN5O5S/c23-19-14(4-5-16(29)20(19)28-11-18(30)26-34(28,32)33)13-9-17(22(12-24)6-7-22)27(10-13)21(31)15-3-1-2-8-25-15/h4-5,9,15,17,25,29H,1-3,6-8,10-11H2,(H,26,30). The van der Waals surface area contributed by atoms with Crippen molar-refractivity contribution in [2.24, 2.45) is 5.41 Å². The van der Waals surface area contributed by atoms with Crippen molar-refractivity contribution in [1.29, 1.82) is 5.26 Å². The molecule has 1 aromatic carbocycles. The second-order valence-corrected chi connectivity index (χ2v) is 10.8. The van der Waals surface area contributed by atoms with Crippen LogP contribution in [0.3, 0.4) is 0 Å². The number of hydrogen-bond donors (Lipinski definition) is 3. The number of rotatable bonds is 4. The molecule has 0 aromatic heterocycles. The van der Waals surface area contributed by atoms with Gasteiger partial charge < -0.3 is 15.3 Å². The first-order valence-electron chi connectivity index (χ1n) is 11.2. The molecule has 2 saturated heterocycles. The predicted molar refractivity (Wildman–Crippen MR) is 119 cm³/mol. The molecule has 1 aromatic rings. The Labute approximate surface area is 196 Å². The zero-order valence-corrected chi connectivity index (χ0v) is 19.1.